The minimum atomic E-state index is -0.446. The van der Waals surface area contributed by atoms with Crippen LogP contribution in [0, 0.1) is 12.8 Å². The summed E-state index contributed by atoms with van der Waals surface area (Å²) in [5.41, 5.74) is -0.222. The van der Waals surface area contributed by atoms with Crippen molar-refractivity contribution in [3.05, 3.63) is 32.6 Å². The second-order valence-corrected chi connectivity index (χ2v) is 3.52. The molecule has 1 aromatic rings. The maximum absolute atomic E-state index is 11.3. The van der Waals surface area contributed by atoms with E-state index in [1.54, 1.807) is 6.92 Å². The fraction of sp³-hybridized carbons (Fsp3) is 0.556. The summed E-state index contributed by atoms with van der Waals surface area (Å²) in [7, 11) is 0. The summed E-state index contributed by atoms with van der Waals surface area (Å²) in [5, 5.41) is 0. The smallest absolute Gasteiger partial charge is 0.404 e. The van der Waals surface area contributed by atoms with Crippen molar-refractivity contribution in [3.63, 3.8) is 0 Å². The number of rotatable bonds is 2. The van der Waals surface area contributed by atoms with Gasteiger partial charge in [0, 0.05) is 0 Å². The average Bonchev–Trinajstić information content (AvgIpc) is 1.96. The van der Waals surface area contributed by atoms with Crippen LogP contribution in [0.1, 0.15) is 19.5 Å². The van der Waals surface area contributed by atoms with Crippen molar-refractivity contribution in [1.82, 2.24) is 9.55 Å². The molecular weight excluding hydrogens is 191 g/mol. The van der Waals surface area contributed by atoms with Gasteiger partial charge in [-0.3, -0.25) is 9.59 Å². The first kappa shape index (κ1) is 13.7. The summed E-state index contributed by atoms with van der Waals surface area (Å²) in [5.74, 6) is 0.273. The molecule has 1 rings (SSSR count). The van der Waals surface area contributed by atoms with E-state index in [1.165, 1.54) is 6.07 Å². The molecule has 5 heteroatoms. The molecule has 0 aromatic carbocycles. The van der Waals surface area contributed by atoms with Crippen molar-refractivity contribution in [1.29, 1.82) is 0 Å². The van der Waals surface area contributed by atoms with E-state index in [-0.39, 0.29) is 41.0 Å². The molecule has 0 saturated carbocycles. The van der Waals surface area contributed by atoms with E-state index in [0.717, 1.165) is 4.57 Å². The van der Waals surface area contributed by atoms with Gasteiger partial charge < -0.3 is 9.55 Å². The van der Waals surface area contributed by atoms with Crippen LogP contribution in [0.3, 0.4) is 0 Å². The van der Waals surface area contributed by atoms with E-state index < -0.39 is 5.69 Å². The molecule has 1 heterocycles. The molecule has 0 aliphatic carbocycles. The van der Waals surface area contributed by atoms with Gasteiger partial charge in [0.25, 0.3) is 0 Å². The van der Waals surface area contributed by atoms with E-state index in [9.17, 15) is 9.59 Å². The first-order valence-electron chi connectivity index (χ1n) is 4.26. The minimum absolute atomic E-state index is 0. The molecule has 0 aliphatic rings. The van der Waals surface area contributed by atoms with Crippen LogP contribution in [0.2, 0.25) is 0 Å². The Balaban J connectivity index is 0.00000169. The molecule has 0 saturated heterocycles. The van der Waals surface area contributed by atoms with E-state index >= 15 is 0 Å². The normalized spacial score (nSPS) is 10.0. The van der Waals surface area contributed by atoms with Crippen molar-refractivity contribution in [3.8, 4) is 0 Å². The number of hydrogen-bond acceptors (Lipinski definition) is 2. The Labute approximate surface area is 105 Å². The average molecular weight is 204 g/mol. The van der Waals surface area contributed by atoms with Crippen LogP contribution < -0.4 is 45.8 Å². The molecule has 14 heavy (non-hydrogen) atoms. The molecule has 1 aromatic heterocycles. The molecule has 0 aliphatic heterocycles. The number of aromatic nitrogens is 2. The van der Waals surface area contributed by atoms with E-state index in [0.29, 0.717) is 12.2 Å². The first-order valence-corrected chi connectivity index (χ1v) is 4.26. The van der Waals surface area contributed by atoms with Gasteiger partial charge in [0.05, 0.1) is 0 Å². The molecule has 0 amide bonds. The Kier molecular flexibility index (Phi) is 5.41. The molecule has 4 nitrogen and oxygen atoms in total. The largest absolute Gasteiger partial charge is 1.00 e. The van der Waals surface area contributed by atoms with Crippen LogP contribution in [0.4, 0.5) is 0 Å². The Morgan fingerprint density at radius 2 is 2.00 bits per heavy atom. The molecule has 0 fully saturated rings. The summed E-state index contributed by atoms with van der Waals surface area (Å²) in [6.45, 7) is 5.98. The third-order valence-corrected chi connectivity index (χ3v) is 1.65. The third-order valence-electron chi connectivity index (χ3n) is 1.65. The molecule has 0 N–H and O–H groups in total. The maximum atomic E-state index is 11.3. The van der Waals surface area contributed by atoms with Gasteiger partial charge in [-0.1, -0.05) is 19.5 Å². The fourth-order valence-electron chi connectivity index (χ4n) is 1.13. The van der Waals surface area contributed by atoms with Gasteiger partial charge in [-0.05, 0) is 25.5 Å². The molecule has 0 radical (unpaired) electrons. The molecular formula is C9H13N2NaO2. The Bertz CT molecular complexity index is 375. The van der Waals surface area contributed by atoms with Gasteiger partial charge in [-0.2, -0.15) is 0 Å². The van der Waals surface area contributed by atoms with Gasteiger partial charge in [-0.25, -0.2) is 0 Å². The van der Waals surface area contributed by atoms with Crippen LogP contribution in [0.15, 0.2) is 15.7 Å². The van der Waals surface area contributed by atoms with Crippen LogP contribution in [-0.2, 0) is 6.54 Å². The zero-order valence-corrected chi connectivity index (χ0v) is 11.1. The van der Waals surface area contributed by atoms with Crippen molar-refractivity contribution in [2.45, 2.75) is 27.3 Å². The zero-order valence-electron chi connectivity index (χ0n) is 9.07. The summed E-state index contributed by atoms with van der Waals surface area (Å²) in [4.78, 5) is 26.3. The Morgan fingerprint density at radius 1 is 1.43 bits per heavy atom. The monoisotopic (exact) mass is 204 g/mol. The quantitative estimate of drug-likeness (QED) is 0.487. The van der Waals surface area contributed by atoms with Crippen molar-refractivity contribution >= 4 is 0 Å². The van der Waals surface area contributed by atoms with Crippen molar-refractivity contribution in [2.24, 2.45) is 5.92 Å². The zero-order chi connectivity index (χ0) is 10.0. The predicted molar refractivity (Wildman–Crippen MR) is 49.9 cm³/mol. The van der Waals surface area contributed by atoms with E-state index in [1.807, 2.05) is 13.8 Å². The van der Waals surface area contributed by atoms with Crippen LogP contribution in [0.5, 0.6) is 0 Å². The van der Waals surface area contributed by atoms with Crippen LogP contribution in [0.25, 0.3) is 0 Å². The molecule has 0 bridgehead atoms. The van der Waals surface area contributed by atoms with Gasteiger partial charge in [0.1, 0.15) is 0 Å². The van der Waals surface area contributed by atoms with E-state index in [4.69, 9.17) is 0 Å². The Morgan fingerprint density at radius 3 is 2.43 bits per heavy atom. The number of nitrogens with zero attached hydrogens (tertiary/aromatic N) is 2. The van der Waals surface area contributed by atoms with Crippen molar-refractivity contribution < 1.29 is 29.6 Å². The topological polar surface area (TPSA) is 53.2 Å². The van der Waals surface area contributed by atoms with Crippen molar-refractivity contribution in [2.75, 3.05) is 0 Å². The molecule has 0 spiro atoms. The fourth-order valence-corrected chi connectivity index (χ4v) is 1.13. The predicted octanol–water partition coefficient (Wildman–Crippen LogP) is -2.87. The van der Waals surface area contributed by atoms with Crippen LogP contribution >= 0.6 is 0 Å². The van der Waals surface area contributed by atoms with Gasteiger partial charge in [0.2, 0.25) is 0 Å². The number of hydrogen-bond donors (Lipinski definition) is 0. The third kappa shape index (κ3) is 3.44. The second kappa shape index (κ2) is 5.53. The van der Waals surface area contributed by atoms with Gasteiger partial charge >= 0.3 is 29.6 Å². The molecule has 0 unspecified atom stereocenters. The summed E-state index contributed by atoms with van der Waals surface area (Å²) >= 11 is 0. The molecule has 72 valence electrons. The van der Waals surface area contributed by atoms with Gasteiger partial charge in [-0.15, -0.1) is 0 Å². The standard InChI is InChI=1S/C9H14N2O2.Na/c1-6(2)5-11-8(12)4-7(3)10-9(11)13;/h4,6H,5H2,1-3H3,(H,10,12,13);/q;+1/p-1. The van der Waals surface area contributed by atoms with Gasteiger partial charge in [0.15, 0.2) is 11.2 Å². The Hall–Kier alpha value is -0.320. The SMILES string of the molecule is Cc1cc(=O)n(CC(C)C)c(=O)[n-]1.[Na+]. The first-order chi connectivity index (χ1) is 6.00. The number of aryl methyl sites for hydroxylation is 1. The van der Waals surface area contributed by atoms with Crippen LogP contribution in [-0.4, -0.2) is 4.57 Å². The van der Waals surface area contributed by atoms with E-state index in [2.05, 4.69) is 4.98 Å². The maximum Gasteiger partial charge on any atom is 1.00 e. The molecule has 0 atom stereocenters. The summed E-state index contributed by atoms with van der Waals surface area (Å²) in [6.07, 6.45) is 0. The minimum Gasteiger partial charge on any atom is -0.404 e. The summed E-state index contributed by atoms with van der Waals surface area (Å²) in [6, 6.07) is 1.38. The second-order valence-electron chi connectivity index (χ2n) is 3.52. The summed E-state index contributed by atoms with van der Waals surface area (Å²) < 4.78 is 1.16.